The van der Waals surface area contributed by atoms with Gasteiger partial charge in [0.2, 0.25) is 10.0 Å². The van der Waals surface area contributed by atoms with E-state index in [1.54, 1.807) is 18.2 Å². The van der Waals surface area contributed by atoms with Crippen molar-refractivity contribution in [1.29, 1.82) is 0 Å². The zero-order chi connectivity index (χ0) is 22.5. The molecule has 1 unspecified atom stereocenters. The number of benzene rings is 2. The van der Waals surface area contributed by atoms with E-state index < -0.39 is 10.0 Å². The fourth-order valence-corrected chi connectivity index (χ4v) is 4.08. The number of hydrogen-bond acceptors (Lipinski definition) is 4. The largest absolute Gasteiger partial charge is 0.383 e. The summed E-state index contributed by atoms with van der Waals surface area (Å²) in [4.78, 5) is 4.86. The van der Waals surface area contributed by atoms with Crippen molar-refractivity contribution in [3.63, 3.8) is 0 Å². The maximum Gasteiger partial charge on any atom is 0.240 e. The molecule has 0 fully saturated rings. The lowest BCUT2D eigenvalue weighted by Crippen LogP contribution is -2.42. The number of aryl methyl sites for hydroxylation is 1. The van der Waals surface area contributed by atoms with Crippen molar-refractivity contribution < 1.29 is 13.2 Å². The molecule has 0 spiro atoms. The second kappa shape index (κ2) is 15.2. The number of halogens is 1. The average Bonchev–Trinajstić information content (AvgIpc) is 2.77. The Hall–Kier alpha value is -1.69. The molecule has 0 heterocycles. The van der Waals surface area contributed by atoms with Crippen molar-refractivity contribution in [2.24, 2.45) is 4.99 Å². The summed E-state index contributed by atoms with van der Waals surface area (Å²) in [6, 6.07) is 17.5. The molecule has 2 rings (SSSR count). The summed E-state index contributed by atoms with van der Waals surface area (Å²) in [6.45, 7) is 5.83. The molecule has 2 aromatic carbocycles. The van der Waals surface area contributed by atoms with E-state index in [9.17, 15) is 8.42 Å². The van der Waals surface area contributed by atoms with E-state index in [2.05, 4.69) is 51.5 Å². The lowest BCUT2D eigenvalue weighted by Gasteiger charge is -2.18. The molecule has 3 N–H and O–H groups in total. The number of methoxy groups -OCH3 is 1. The zero-order valence-corrected chi connectivity index (χ0v) is 22.2. The van der Waals surface area contributed by atoms with Gasteiger partial charge in [0.05, 0.1) is 18.0 Å². The summed E-state index contributed by atoms with van der Waals surface area (Å²) < 4.78 is 32.2. The van der Waals surface area contributed by atoms with Crippen LogP contribution in [0.1, 0.15) is 31.4 Å². The first-order chi connectivity index (χ1) is 14.9. The highest BCUT2D eigenvalue weighted by molar-refractivity contribution is 14.0. The lowest BCUT2D eigenvalue weighted by molar-refractivity contribution is 0.204. The SMILES string of the molecule is CCNC(=NCc1cccc(S(=O)(=O)NCCOC)c1)NC(C)CCc1ccccc1.I. The molecule has 0 bridgehead atoms. The van der Waals surface area contributed by atoms with Crippen LogP contribution in [-0.4, -0.2) is 47.2 Å². The molecule has 32 heavy (non-hydrogen) atoms. The van der Waals surface area contributed by atoms with Gasteiger partial charge in [0.25, 0.3) is 0 Å². The number of sulfonamides is 1. The summed E-state index contributed by atoms with van der Waals surface area (Å²) in [5, 5.41) is 6.69. The van der Waals surface area contributed by atoms with Gasteiger partial charge in [0.1, 0.15) is 0 Å². The summed E-state index contributed by atoms with van der Waals surface area (Å²) >= 11 is 0. The highest BCUT2D eigenvalue weighted by atomic mass is 127. The average molecular weight is 575 g/mol. The van der Waals surface area contributed by atoms with Gasteiger partial charge in [-0.15, -0.1) is 24.0 Å². The van der Waals surface area contributed by atoms with Crippen LogP contribution in [0.5, 0.6) is 0 Å². The number of guanidine groups is 1. The Kier molecular flexibility index (Phi) is 13.5. The van der Waals surface area contributed by atoms with Crippen molar-refractivity contribution in [3.05, 3.63) is 65.7 Å². The van der Waals surface area contributed by atoms with Crippen LogP contribution in [0.15, 0.2) is 64.5 Å². The van der Waals surface area contributed by atoms with E-state index in [-0.39, 0.29) is 41.5 Å². The van der Waals surface area contributed by atoms with Crippen LogP contribution in [0.4, 0.5) is 0 Å². The van der Waals surface area contributed by atoms with Gasteiger partial charge in [-0.3, -0.25) is 0 Å². The molecular formula is C23H35IN4O3S. The Morgan fingerprint density at radius 2 is 1.81 bits per heavy atom. The number of aliphatic imine (C=N–C) groups is 1. The molecule has 178 valence electrons. The molecule has 0 radical (unpaired) electrons. The highest BCUT2D eigenvalue weighted by Crippen LogP contribution is 2.12. The summed E-state index contributed by atoms with van der Waals surface area (Å²) in [5.74, 6) is 0.717. The molecular weight excluding hydrogens is 539 g/mol. The minimum atomic E-state index is -3.57. The predicted octanol–water partition coefficient (Wildman–Crippen LogP) is 3.31. The molecule has 0 amide bonds. The third kappa shape index (κ3) is 10.3. The second-order valence-corrected chi connectivity index (χ2v) is 9.07. The third-order valence-electron chi connectivity index (χ3n) is 4.66. The van der Waals surface area contributed by atoms with Gasteiger partial charge in [-0.1, -0.05) is 42.5 Å². The lowest BCUT2D eigenvalue weighted by atomic mass is 10.1. The normalized spacial score (nSPS) is 12.7. The minimum absolute atomic E-state index is 0. The first kappa shape index (κ1) is 28.3. The van der Waals surface area contributed by atoms with Crippen LogP contribution in [0, 0.1) is 0 Å². The number of rotatable bonds is 12. The van der Waals surface area contributed by atoms with Crippen LogP contribution >= 0.6 is 24.0 Å². The second-order valence-electron chi connectivity index (χ2n) is 7.30. The molecule has 0 aliphatic heterocycles. The Balaban J connectivity index is 0.00000512. The van der Waals surface area contributed by atoms with Crippen LogP contribution in [0.25, 0.3) is 0 Å². The van der Waals surface area contributed by atoms with Gasteiger partial charge in [0, 0.05) is 26.2 Å². The molecule has 1 atom stereocenters. The van der Waals surface area contributed by atoms with Crippen LogP contribution in [0.2, 0.25) is 0 Å². The standard InChI is InChI=1S/C23H34N4O3S.HI/c1-4-24-23(27-19(2)13-14-20-9-6-5-7-10-20)25-18-21-11-8-12-22(17-21)31(28,29)26-15-16-30-3;/h5-12,17,19,26H,4,13-16,18H2,1-3H3,(H2,24,25,27);1H. The maximum atomic E-state index is 12.4. The summed E-state index contributed by atoms with van der Waals surface area (Å²) in [7, 11) is -2.03. The van der Waals surface area contributed by atoms with Gasteiger partial charge in [-0.05, 0) is 49.9 Å². The number of nitrogens with one attached hydrogen (secondary N) is 3. The Labute approximate surface area is 209 Å². The first-order valence-corrected chi connectivity index (χ1v) is 12.1. The van der Waals surface area contributed by atoms with Crippen molar-refractivity contribution >= 4 is 40.0 Å². The van der Waals surface area contributed by atoms with E-state index in [4.69, 9.17) is 4.74 Å². The van der Waals surface area contributed by atoms with Gasteiger partial charge >= 0.3 is 0 Å². The van der Waals surface area contributed by atoms with Crippen LogP contribution in [-0.2, 0) is 27.7 Å². The molecule has 9 heteroatoms. The van der Waals surface area contributed by atoms with Crippen LogP contribution in [0.3, 0.4) is 0 Å². The van der Waals surface area contributed by atoms with E-state index in [0.29, 0.717) is 13.2 Å². The van der Waals surface area contributed by atoms with E-state index in [1.807, 2.05) is 19.1 Å². The molecule has 0 aliphatic rings. The smallest absolute Gasteiger partial charge is 0.240 e. The minimum Gasteiger partial charge on any atom is -0.383 e. The Morgan fingerprint density at radius 1 is 1.09 bits per heavy atom. The van der Waals surface area contributed by atoms with Gasteiger partial charge in [-0.25, -0.2) is 18.1 Å². The fraction of sp³-hybridized carbons (Fsp3) is 0.435. The maximum absolute atomic E-state index is 12.4. The quantitative estimate of drug-likeness (QED) is 0.157. The third-order valence-corrected chi connectivity index (χ3v) is 6.12. The van der Waals surface area contributed by atoms with Gasteiger partial charge < -0.3 is 15.4 Å². The predicted molar refractivity (Wildman–Crippen MR) is 141 cm³/mol. The molecule has 0 aromatic heterocycles. The monoisotopic (exact) mass is 574 g/mol. The molecule has 7 nitrogen and oxygen atoms in total. The Bertz CT molecular complexity index is 924. The van der Waals surface area contributed by atoms with Crippen LogP contribution < -0.4 is 15.4 Å². The first-order valence-electron chi connectivity index (χ1n) is 10.6. The van der Waals surface area contributed by atoms with Crippen molar-refractivity contribution in [1.82, 2.24) is 15.4 Å². The van der Waals surface area contributed by atoms with Crippen molar-refractivity contribution in [2.45, 2.75) is 44.2 Å². The Morgan fingerprint density at radius 3 is 2.50 bits per heavy atom. The molecule has 2 aromatic rings. The van der Waals surface area contributed by atoms with Crippen molar-refractivity contribution in [3.8, 4) is 0 Å². The number of hydrogen-bond donors (Lipinski definition) is 3. The van der Waals surface area contributed by atoms with Gasteiger partial charge in [-0.2, -0.15) is 0 Å². The fourth-order valence-electron chi connectivity index (χ4n) is 3.00. The van der Waals surface area contributed by atoms with Gasteiger partial charge in [0.15, 0.2) is 5.96 Å². The number of nitrogens with zero attached hydrogens (tertiary/aromatic N) is 1. The van der Waals surface area contributed by atoms with E-state index in [0.717, 1.165) is 30.9 Å². The van der Waals surface area contributed by atoms with Crippen molar-refractivity contribution in [2.75, 3.05) is 26.8 Å². The highest BCUT2D eigenvalue weighted by Gasteiger charge is 2.13. The zero-order valence-electron chi connectivity index (χ0n) is 19.0. The molecule has 0 saturated carbocycles. The number of ether oxygens (including phenoxy) is 1. The molecule has 0 saturated heterocycles. The summed E-state index contributed by atoms with van der Waals surface area (Å²) in [6.07, 6.45) is 1.97. The van der Waals surface area contributed by atoms with E-state index >= 15 is 0 Å². The summed E-state index contributed by atoms with van der Waals surface area (Å²) in [5.41, 5.74) is 2.14. The van der Waals surface area contributed by atoms with E-state index in [1.165, 1.54) is 12.7 Å². The molecule has 0 aliphatic carbocycles. The topological polar surface area (TPSA) is 91.8 Å².